The number of nitrogens with one attached hydrogen (secondary N) is 2. The molecule has 0 aliphatic carbocycles. The molecule has 2 N–H and O–H groups in total. The van der Waals surface area contributed by atoms with Crippen molar-refractivity contribution in [2.24, 2.45) is 0 Å². The molecule has 0 radical (unpaired) electrons. The first kappa shape index (κ1) is 13.8. The van der Waals surface area contributed by atoms with Gasteiger partial charge in [-0.3, -0.25) is 0 Å². The van der Waals surface area contributed by atoms with E-state index < -0.39 is 5.82 Å². The number of hydrogen-bond acceptors (Lipinski definition) is 4. The number of nitrogens with zero attached hydrogens (tertiary/aromatic N) is 2. The third-order valence-electron chi connectivity index (χ3n) is 2.41. The Labute approximate surface area is 120 Å². The van der Waals surface area contributed by atoms with Crippen LogP contribution in [0, 0.1) is 5.82 Å². The molecule has 19 heavy (non-hydrogen) atoms. The summed E-state index contributed by atoms with van der Waals surface area (Å²) in [7, 11) is 1.72. The summed E-state index contributed by atoms with van der Waals surface area (Å²) in [6, 6.07) is 4.51. The van der Waals surface area contributed by atoms with Crippen molar-refractivity contribution in [1.82, 2.24) is 9.97 Å². The molecule has 0 atom stereocenters. The van der Waals surface area contributed by atoms with Gasteiger partial charge in [0.1, 0.15) is 10.8 Å². The van der Waals surface area contributed by atoms with Crippen LogP contribution in [-0.2, 0) is 6.54 Å². The summed E-state index contributed by atoms with van der Waals surface area (Å²) in [6.07, 6.45) is 1.50. The van der Waals surface area contributed by atoms with Gasteiger partial charge in [-0.05, 0) is 17.7 Å². The predicted molar refractivity (Wildman–Crippen MR) is 75.3 cm³/mol. The number of aromatic nitrogens is 2. The van der Waals surface area contributed by atoms with Crippen molar-refractivity contribution in [2.75, 3.05) is 17.7 Å². The molecule has 0 bridgehead atoms. The van der Waals surface area contributed by atoms with Crippen LogP contribution in [0.4, 0.5) is 16.2 Å². The standard InChI is InChI=1S/C12H11Cl2FN4/c1-16-12-18-6-9(14)11(19-12)17-5-7-2-3-10(15)8(13)4-7/h2-4,6H,5H2,1H3,(H2,16,17,18,19). The third kappa shape index (κ3) is 3.45. The number of benzene rings is 1. The lowest BCUT2D eigenvalue weighted by atomic mass is 10.2. The first-order valence-corrected chi connectivity index (χ1v) is 6.24. The molecule has 0 amide bonds. The van der Waals surface area contributed by atoms with E-state index in [9.17, 15) is 4.39 Å². The SMILES string of the molecule is CNc1ncc(Cl)c(NCc2ccc(F)c(Cl)c2)n1. The van der Waals surface area contributed by atoms with Gasteiger partial charge in [-0.2, -0.15) is 4.98 Å². The minimum absolute atomic E-state index is 0.0870. The Balaban J connectivity index is 2.11. The quantitative estimate of drug-likeness (QED) is 0.906. The van der Waals surface area contributed by atoms with Crippen LogP contribution in [0.25, 0.3) is 0 Å². The topological polar surface area (TPSA) is 49.8 Å². The molecule has 7 heteroatoms. The molecule has 0 saturated carbocycles. The molecule has 2 aromatic rings. The average Bonchev–Trinajstić information content (AvgIpc) is 2.41. The maximum absolute atomic E-state index is 13.0. The van der Waals surface area contributed by atoms with Crippen LogP contribution in [0.1, 0.15) is 5.56 Å². The minimum Gasteiger partial charge on any atom is -0.365 e. The van der Waals surface area contributed by atoms with E-state index in [2.05, 4.69) is 20.6 Å². The molecule has 0 spiro atoms. The zero-order valence-corrected chi connectivity index (χ0v) is 11.6. The van der Waals surface area contributed by atoms with Gasteiger partial charge in [0.15, 0.2) is 5.82 Å². The molecule has 0 unspecified atom stereocenters. The minimum atomic E-state index is -0.442. The second kappa shape index (κ2) is 6.04. The van der Waals surface area contributed by atoms with Gasteiger partial charge in [0.05, 0.1) is 11.2 Å². The van der Waals surface area contributed by atoms with Crippen LogP contribution < -0.4 is 10.6 Å². The van der Waals surface area contributed by atoms with E-state index in [-0.39, 0.29) is 5.02 Å². The lowest BCUT2D eigenvalue weighted by molar-refractivity contribution is 0.627. The number of anilines is 2. The molecule has 4 nitrogen and oxygen atoms in total. The van der Waals surface area contributed by atoms with Crippen LogP contribution in [0.15, 0.2) is 24.4 Å². The van der Waals surface area contributed by atoms with Crippen molar-refractivity contribution in [3.63, 3.8) is 0 Å². The molecule has 1 aromatic heterocycles. The van der Waals surface area contributed by atoms with Gasteiger partial charge < -0.3 is 10.6 Å². The Kier molecular flexibility index (Phi) is 4.39. The van der Waals surface area contributed by atoms with Crippen LogP contribution >= 0.6 is 23.2 Å². The maximum atomic E-state index is 13.0. The lowest BCUT2D eigenvalue weighted by Gasteiger charge is -2.09. The zero-order valence-electron chi connectivity index (χ0n) is 10.0. The van der Waals surface area contributed by atoms with E-state index in [1.807, 2.05) is 0 Å². The maximum Gasteiger partial charge on any atom is 0.224 e. The molecule has 0 fully saturated rings. The van der Waals surface area contributed by atoms with Crippen molar-refractivity contribution in [3.05, 3.63) is 45.8 Å². The van der Waals surface area contributed by atoms with Crippen molar-refractivity contribution < 1.29 is 4.39 Å². The smallest absolute Gasteiger partial charge is 0.224 e. The number of rotatable bonds is 4. The molecular weight excluding hydrogens is 290 g/mol. The van der Waals surface area contributed by atoms with Crippen LogP contribution in [-0.4, -0.2) is 17.0 Å². The summed E-state index contributed by atoms with van der Waals surface area (Å²) in [4.78, 5) is 8.15. The van der Waals surface area contributed by atoms with E-state index in [0.29, 0.717) is 23.3 Å². The highest BCUT2D eigenvalue weighted by Gasteiger charge is 2.05. The van der Waals surface area contributed by atoms with Gasteiger partial charge >= 0.3 is 0 Å². The monoisotopic (exact) mass is 300 g/mol. The highest BCUT2D eigenvalue weighted by Crippen LogP contribution is 2.21. The fourth-order valence-corrected chi connectivity index (χ4v) is 1.81. The van der Waals surface area contributed by atoms with Crippen molar-refractivity contribution in [3.8, 4) is 0 Å². The number of hydrogen-bond donors (Lipinski definition) is 2. The Morgan fingerprint density at radius 1 is 1.26 bits per heavy atom. The van der Waals surface area contributed by atoms with E-state index in [4.69, 9.17) is 23.2 Å². The molecule has 0 aliphatic heterocycles. The van der Waals surface area contributed by atoms with Gasteiger partial charge in [-0.15, -0.1) is 0 Å². The fourth-order valence-electron chi connectivity index (χ4n) is 1.45. The lowest BCUT2D eigenvalue weighted by Crippen LogP contribution is -2.05. The summed E-state index contributed by atoms with van der Waals surface area (Å²) in [5.41, 5.74) is 0.826. The van der Waals surface area contributed by atoms with Crippen molar-refractivity contribution in [1.29, 1.82) is 0 Å². The van der Waals surface area contributed by atoms with Gasteiger partial charge in [0.25, 0.3) is 0 Å². The average molecular weight is 301 g/mol. The fraction of sp³-hybridized carbons (Fsp3) is 0.167. The summed E-state index contributed by atoms with van der Waals surface area (Å²) < 4.78 is 13.0. The highest BCUT2D eigenvalue weighted by molar-refractivity contribution is 6.32. The predicted octanol–water partition coefficient (Wildman–Crippen LogP) is 3.58. The molecule has 0 saturated heterocycles. The molecule has 1 aromatic carbocycles. The second-order valence-corrected chi connectivity index (χ2v) is 4.56. The van der Waals surface area contributed by atoms with E-state index in [1.54, 1.807) is 19.2 Å². The molecule has 1 heterocycles. The summed E-state index contributed by atoms with van der Waals surface area (Å²) in [5.74, 6) is 0.522. The Morgan fingerprint density at radius 2 is 2.05 bits per heavy atom. The molecule has 100 valence electrons. The third-order valence-corrected chi connectivity index (χ3v) is 2.98. The van der Waals surface area contributed by atoms with Crippen LogP contribution in [0.2, 0.25) is 10.0 Å². The van der Waals surface area contributed by atoms with E-state index >= 15 is 0 Å². The van der Waals surface area contributed by atoms with Gasteiger partial charge in [0.2, 0.25) is 5.95 Å². The Morgan fingerprint density at radius 3 is 2.74 bits per heavy atom. The highest BCUT2D eigenvalue weighted by atomic mass is 35.5. The van der Waals surface area contributed by atoms with E-state index in [0.717, 1.165) is 5.56 Å². The van der Waals surface area contributed by atoms with E-state index in [1.165, 1.54) is 12.3 Å². The number of halogens is 3. The molecule has 2 rings (SSSR count). The van der Waals surface area contributed by atoms with Crippen LogP contribution in [0.3, 0.4) is 0 Å². The van der Waals surface area contributed by atoms with Gasteiger partial charge in [-0.1, -0.05) is 29.3 Å². The van der Waals surface area contributed by atoms with Gasteiger partial charge in [0, 0.05) is 13.6 Å². The molecule has 0 aliphatic rings. The first-order valence-electron chi connectivity index (χ1n) is 5.48. The Bertz CT molecular complexity index is 592. The summed E-state index contributed by atoms with van der Waals surface area (Å²) in [6.45, 7) is 0.430. The van der Waals surface area contributed by atoms with Crippen molar-refractivity contribution >= 4 is 35.0 Å². The summed E-state index contributed by atoms with van der Waals surface area (Å²) in [5, 5.41) is 6.36. The Hall–Kier alpha value is -1.59. The summed E-state index contributed by atoms with van der Waals surface area (Å²) >= 11 is 11.7. The molecular formula is C12H11Cl2FN4. The van der Waals surface area contributed by atoms with Crippen molar-refractivity contribution in [2.45, 2.75) is 6.54 Å². The normalized spacial score (nSPS) is 10.3. The zero-order chi connectivity index (χ0) is 13.8. The van der Waals surface area contributed by atoms with Crippen LogP contribution in [0.5, 0.6) is 0 Å². The first-order chi connectivity index (χ1) is 9.10. The second-order valence-electron chi connectivity index (χ2n) is 3.74. The van der Waals surface area contributed by atoms with Gasteiger partial charge in [-0.25, -0.2) is 9.37 Å². The largest absolute Gasteiger partial charge is 0.365 e.